The highest BCUT2D eigenvalue weighted by atomic mass is 35.5. The van der Waals surface area contributed by atoms with E-state index < -0.39 is 34.5 Å². The Kier molecular flexibility index (Phi) is 9.10. The summed E-state index contributed by atoms with van der Waals surface area (Å²) in [4.78, 5) is 32.6. The van der Waals surface area contributed by atoms with Crippen LogP contribution in [0.15, 0.2) is 48.7 Å². The van der Waals surface area contributed by atoms with Crippen LogP contribution in [0, 0.1) is 17.8 Å². The third-order valence-corrected chi connectivity index (χ3v) is 6.45. The second-order valence-electron chi connectivity index (χ2n) is 10.8. The Labute approximate surface area is 234 Å². The minimum atomic E-state index is -4.61. The van der Waals surface area contributed by atoms with E-state index in [1.54, 1.807) is 49.7 Å². The van der Waals surface area contributed by atoms with Gasteiger partial charge < -0.3 is 10.1 Å². The summed E-state index contributed by atoms with van der Waals surface area (Å²) in [6, 6.07) is 9.99. The number of carbonyl (C=O) groups is 2. The van der Waals surface area contributed by atoms with Gasteiger partial charge in [0.25, 0.3) is 5.91 Å². The average Bonchev–Trinajstić information content (AvgIpc) is 2.87. The number of benzene rings is 1. The van der Waals surface area contributed by atoms with Crippen molar-refractivity contribution in [2.75, 3.05) is 11.9 Å². The van der Waals surface area contributed by atoms with Gasteiger partial charge in [0.2, 0.25) is 5.91 Å². The molecule has 0 saturated carbocycles. The van der Waals surface area contributed by atoms with Gasteiger partial charge in [-0.1, -0.05) is 39.3 Å². The highest BCUT2D eigenvalue weighted by Crippen LogP contribution is 2.35. The highest BCUT2D eigenvalue weighted by molar-refractivity contribution is 6.33. The van der Waals surface area contributed by atoms with Crippen LogP contribution in [-0.2, 0) is 11.0 Å². The van der Waals surface area contributed by atoms with Crippen LogP contribution in [-0.4, -0.2) is 33.6 Å². The van der Waals surface area contributed by atoms with Gasteiger partial charge in [0.05, 0.1) is 34.8 Å². The number of hydroxylamine groups is 1. The highest BCUT2D eigenvalue weighted by Gasteiger charge is 2.35. The summed E-state index contributed by atoms with van der Waals surface area (Å²) in [6.45, 7) is 8.98. The molecule has 214 valence electrons. The largest absolute Gasteiger partial charge is 0.491 e. The molecule has 0 bridgehead atoms. The number of pyridine rings is 2. The van der Waals surface area contributed by atoms with Gasteiger partial charge >= 0.3 is 6.18 Å². The number of anilines is 1. The van der Waals surface area contributed by atoms with Crippen molar-refractivity contribution in [3.05, 3.63) is 70.6 Å². The number of halogens is 4. The van der Waals surface area contributed by atoms with Crippen molar-refractivity contribution in [3.63, 3.8) is 0 Å². The number of hydrogen-bond acceptors (Lipinski definition) is 6. The van der Waals surface area contributed by atoms with Crippen molar-refractivity contribution in [2.24, 2.45) is 10.8 Å². The van der Waals surface area contributed by atoms with Crippen molar-refractivity contribution < 1.29 is 32.7 Å². The molecule has 1 aromatic carbocycles. The number of ether oxygens (including phenoxy) is 1. The number of aromatic nitrogens is 2. The number of hydrogen-bond donors (Lipinski definition) is 3. The normalized spacial score (nSPS) is 12.2. The Bertz CT molecular complexity index is 1390. The van der Waals surface area contributed by atoms with Crippen molar-refractivity contribution in [1.29, 1.82) is 0 Å². The van der Waals surface area contributed by atoms with E-state index in [1.165, 1.54) is 13.1 Å². The fourth-order valence-corrected chi connectivity index (χ4v) is 4.55. The SMILES string of the molecule is Cc1nc(C(F)(F)F)ccc1C(=O)Nc1ccc(Cl)c(-c2ccc(OCC(C)(C)CC(C)(C)C(=O)NO)cn2)c1. The third kappa shape index (κ3) is 7.70. The molecular weight excluding hydrogens is 549 g/mol. The van der Waals surface area contributed by atoms with Crippen molar-refractivity contribution in [2.45, 2.75) is 47.2 Å². The lowest BCUT2D eigenvalue weighted by molar-refractivity contribution is -0.141. The topological polar surface area (TPSA) is 113 Å². The molecule has 0 saturated heterocycles. The molecule has 8 nitrogen and oxygen atoms in total. The number of alkyl halides is 3. The van der Waals surface area contributed by atoms with Crippen molar-refractivity contribution >= 4 is 29.1 Å². The molecule has 0 unspecified atom stereocenters. The smallest absolute Gasteiger partial charge is 0.433 e. The maximum absolute atomic E-state index is 12.9. The van der Waals surface area contributed by atoms with Crippen LogP contribution in [0.3, 0.4) is 0 Å². The zero-order chi connectivity index (χ0) is 29.9. The molecule has 0 aliphatic heterocycles. The zero-order valence-electron chi connectivity index (χ0n) is 22.6. The fraction of sp³-hybridized carbons (Fsp3) is 0.357. The first-order valence-corrected chi connectivity index (χ1v) is 12.6. The number of carbonyl (C=O) groups excluding carboxylic acids is 2. The molecule has 0 aliphatic rings. The molecule has 2 amide bonds. The van der Waals surface area contributed by atoms with E-state index in [0.717, 1.165) is 12.1 Å². The van der Waals surface area contributed by atoms with Crippen LogP contribution in [0.25, 0.3) is 11.3 Å². The summed E-state index contributed by atoms with van der Waals surface area (Å²) >= 11 is 6.38. The standard InChI is InChI=1S/C28H30ClF3N4O4/c1-16-19(8-11-23(34-16)28(30,31)32)24(37)35-17-6-9-21(29)20(12-17)22-10-7-18(13-33-22)40-15-26(2,3)14-27(4,5)25(38)36-39/h6-13,39H,14-15H2,1-5H3,(H,35,37)(H,36,38). The van der Waals surface area contributed by atoms with E-state index in [1.807, 2.05) is 13.8 Å². The number of aryl methyl sites for hydroxylation is 1. The van der Waals surface area contributed by atoms with E-state index >= 15 is 0 Å². The van der Waals surface area contributed by atoms with Crippen molar-refractivity contribution in [1.82, 2.24) is 15.4 Å². The van der Waals surface area contributed by atoms with Gasteiger partial charge in [-0.3, -0.25) is 19.8 Å². The zero-order valence-corrected chi connectivity index (χ0v) is 23.4. The number of nitrogens with one attached hydrogen (secondary N) is 2. The Morgan fingerprint density at radius 3 is 2.33 bits per heavy atom. The van der Waals surface area contributed by atoms with Crippen molar-refractivity contribution in [3.8, 4) is 17.0 Å². The van der Waals surface area contributed by atoms with E-state index in [-0.39, 0.29) is 17.9 Å². The number of nitrogens with zero attached hydrogens (tertiary/aromatic N) is 2. The van der Waals surface area contributed by atoms with E-state index in [9.17, 15) is 22.8 Å². The molecule has 2 aromatic heterocycles. The van der Waals surface area contributed by atoms with Crippen LogP contribution in [0.2, 0.25) is 5.02 Å². The Morgan fingerprint density at radius 2 is 1.75 bits per heavy atom. The lowest BCUT2D eigenvalue weighted by atomic mass is 9.75. The summed E-state index contributed by atoms with van der Waals surface area (Å²) in [5.74, 6) is -0.605. The molecule has 12 heteroatoms. The number of amides is 2. The van der Waals surface area contributed by atoms with E-state index in [4.69, 9.17) is 21.5 Å². The van der Waals surface area contributed by atoms with Gasteiger partial charge in [-0.15, -0.1) is 0 Å². The van der Waals surface area contributed by atoms with Crippen LogP contribution >= 0.6 is 11.6 Å². The maximum atomic E-state index is 12.9. The predicted octanol–water partition coefficient (Wildman–Crippen LogP) is 6.70. The summed E-state index contributed by atoms with van der Waals surface area (Å²) in [7, 11) is 0. The molecule has 0 fully saturated rings. The first-order valence-electron chi connectivity index (χ1n) is 12.2. The third-order valence-electron chi connectivity index (χ3n) is 6.12. The molecule has 3 rings (SSSR count). The summed E-state index contributed by atoms with van der Waals surface area (Å²) < 4.78 is 44.6. The molecule has 0 aliphatic carbocycles. The Hall–Kier alpha value is -3.70. The predicted molar refractivity (Wildman–Crippen MR) is 144 cm³/mol. The fourth-order valence-electron chi connectivity index (χ4n) is 4.34. The summed E-state index contributed by atoms with van der Waals surface area (Å²) in [5, 5.41) is 12.0. The molecule has 3 aromatic rings. The quantitative estimate of drug-likeness (QED) is 0.192. The lowest BCUT2D eigenvalue weighted by Gasteiger charge is -2.33. The maximum Gasteiger partial charge on any atom is 0.433 e. The Morgan fingerprint density at radius 1 is 1.05 bits per heavy atom. The molecular formula is C28H30ClF3N4O4. The monoisotopic (exact) mass is 578 g/mol. The van der Waals surface area contributed by atoms with Crippen LogP contribution in [0.1, 0.15) is 55.9 Å². The average molecular weight is 579 g/mol. The van der Waals surface area contributed by atoms with E-state index in [2.05, 4.69) is 15.3 Å². The first kappa shape index (κ1) is 30.8. The Balaban J connectivity index is 1.71. The van der Waals surface area contributed by atoms with Gasteiger partial charge in [0.15, 0.2) is 0 Å². The first-order chi connectivity index (χ1) is 18.5. The minimum Gasteiger partial charge on any atom is -0.491 e. The summed E-state index contributed by atoms with van der Waals surface area (Å²) in [5.41, 5.74) is 0.758. The molecule has 40 heavy (non-hydrogen) atoms. The molecule has 0 radical (unpaired) electrons. The van der Waals surface area contributed by atoms with Gasteiger partial charge in [0.1, 0.15) is 11.4 Å². The minimum absolute atomic E-state index is 0.00688. The van der Waals surface area contributed by atoms with Gasteiger partial charge in [0, 0.05) is 16.7 Å². The van der Waals surface area contributed by atoms with Crippen LogP contribution in [0.5, 0.6) is 5.75 Å². The molecule has 0 spiro atoms. The number of rotatable bonds is 9. The molecule has 3 N–H and O–H groups in total. The van der Waals surface area contributed by atoms with Gasteiger partial charge in [-0.05, 0) is 61.2 Å². The van der Waals surface area contributed by atoms with Crippen LogP contribution < -0.4 is 15.5 Å². The van der Waals surface area contributed by atoms with Gasteiger partial charge in [-0.25, -0.2) is 10.5 Å². The molecule has 0 atom stereocenters. The molecule has 2 heterocycles. The second-order valence-corrected chi connectivity index (χ2v) is 11.2. The van der Waals surface area contributed by atoms with Gasteiger partial charge in [-0.2, -0.15) is 13.2 Å². The van der Waals surface area contributed by atoms with Crippen LogP contribution in [0.4, 0.5) is 18.9 Å². The lowest BCUT2D eigenvalue weighted by Crippen LogP contribution is -2.39. The summed E-state index contributed by atoms with van der Waals surface area (Å²) in [6.07, 6.45) is -2.63. The van der Waals surface area contributed by atoms with E-state index in [0.29, 0.717) is 34.1 Å². The second kappa shape index (κ2) is 11.8.